The maximum absolute atomic E-state index is 6.33. The summed E-state index contributed by atoms with van der Waals surface area (Å²) in [6.07, 6.45) is 12.8. The van der Waals surface area contributed by atoms with Crippen molar-refractivity contribution in [2.24, 2.45) is 34.5 Å². The topological polar surface area (TPSA) is 18.5 Å². The second-order valence-corrected chi connectivity index (χ2v) is 11.0. The number of rotatable bonds is 0. The molecular formula is C21H33BrO2. The lowest BCUT2D eigenvalue weighted by molar-refractivity contribution is -0.244. The van der Waals surface area contributed by atoms with E-state index in [0.717, 1.165) is 36.9 Å². The van der Waals surface area contributed by atoms with Gasteiger partial charge in [0.05, 0.1) is 18.0 Å². The van der Waals surface area contributed by atoms with Crippen LogP contribution in [0.1, 0.15) is 71.6 Å². The molecule has 5 fully saturated rings. The van der Waals surface area contributed by atoms with Gasteiger partial charge in [-0.25, -0.2) is 0 Å². The van der Waals surface area contributed by atoms with Crippen molar-refractivity contribution in [2.45, 2.75) is 82.2 Å². The highest BCUT2D eigenvalue weighted by Gasteiger charge is 2.70. The van der Waals surface area contributed by atoms with Crippen LogP contribution in [-0.4, -0.2) is 23.8 Å². The highest BCUT2D eigenvalue weighted by molar-refractivity contribution is 9.09. The normalized spacial score (nSPS) is 55.9. The molecule has 0 amide bonds. The Balaban J connectivity index is 1.49. The summed E-state index contributed by atoms with van der Waals surface area (Å²) >= 11 is 4.00. The molecule has 7 atom stereocenters. The molecule has 1 aliphatic heterocycles. The van der Waals surface area contributed by atoms with Gasteiger partial charge in [-0.05, 0) is 74.0 Å². The van der Waals surface area contributed by atoms with E-state index in [1.165, 1.54) is 57.8 Å². The summed E-state index contributed by atoms with van der Waals surface area (Å²) in [4.78, 5) is 0.373. The van der Waals surface area contributed by atoms with Crippen LogP contribution in [0.4, 0.5) is 0 Å². The van der Waals surface area contributed by atoms with Crippen molar-refractivity contribution in [3.8, 4) is 0 Å². The number of hydrogen-bond acceptors (Lipinski definition) is 2. The minimum Gasteiger partial charge on any atom is -0.346 e. The average Bonchev–Trinajstić information content (AvgIpc) is 3.15. The van der Waals surface area contributed by atoms with Gasteiger partial charge in [-0.2, -0.15) is 0 Å². The molecule has 3 heteroatoms. The fourth-order valence-corrected chi connectivity index (χ4v) is 9.35. The maximum atomic E-state index is 6.33. The Hall–Kier alpha value is 0.400. The van der Waals surface area contributed by atoms with Crippen molar-refractivity contribution < 1.29 is 9.47 Å². The molecule has 0 aromatic heterocycles. The van der Waals surface area contributed by atoms with Gasteiger partial charge in [-0.1, -0.05) is 42.6 Å². The van der Waals surface area contributed by atoms with Crippen LogP contribution < -0.4 is 0 Å². The number of ether oxygens (including phenoxy) is 2. The Morgan fingerprint density at radius 1 is 0.875 bits per heavy atom. The van der Waals surface area contributed by atoms with E-state index in [2.05, 4.69) is 29.8 Å². The molecule has 4 aliphatic carbocycles. The zero-order valence-corrected chi connectivity index (χ0v) is 16.9. The molecule has 5 aliphatic rings. The molecule has 1 saturated heterocycles. The zero-order chi connectivity index (χ0) is 16.6. The van der Waals surface area contributed by atoms with Gasteiger partial charge < -0.3 is 9.47 Å². The molecule has 0 aromatic carbocycles. The van der Waals surface area contributed by atoms with Gasteiger partial charge in [0.1, 0.15) is 0 Å². The largest absolute Gasteiger partial charge is 0.346 e. The van der Waals surface area contributed by atoms with E-state index < -0.39 is 0 Å². The lowest BCUT2D eigenvalue weighted by Crippen LogP contribution is -2.57. The van der Waals surface area contributed by atoms with Crippen LogP contribution in [0.15, 0.2) is 0 Å². The van der Waals surface area contributed by atoms with E-state index in [-0.39, 0.29) is 11.2 Å². The summed E-state index contributed by atoms with van der Waals surface area (Å²) < 4.78 is 12.7. The lowest BCUT2D eigenvalue weighted by Gasteiger charge is -2.61. The summed E-state index contributed by atoms with van der Waals surface area (Å²) in [6, 6.07) is 0. The van der Waals surface area contributed by atoms with Gasteiger partial charge in [-0.15, -0.1) is 0 Å². The molecule has 0 bridgehead atoms. The fourth-order valence-electron chi connectivity index (χ4n) is 8.16. The predicted octanol–water partition coefficient (Wildman–Crippen LogP) is 5.54. The highest BCUT2D eigenvalue weighted by atomic mass is 79.9. The molecule has 4 saturated carbocycles. The molecule has 0 radical (unpaired) electrons. The van der Waals surface area contributed by atoms with Crippen LogP contribution in [0, 0.1) is 34.5 Å². The number of alkyl halides is 1. The van der Waals surface area contributed by atoms with E-state index in [4.69, 9.17) is 9.47 Å². The van der Waals surface area contributed by atoms with Crippen LogP contribution in [-0.2, 0) is 9.47 Å². The van der Waals surface area contributed by atoms with E-state index in [1.54, 1.807) is 0 Å². The summed E-state index contributed by atoms with van der Waals surface area (Å²) in [5, 5.41) is 0. The van der Waals surface area contributed by atoms with E-state index in [0.29, 0.717) is 10.2 Å². The van der Waals surface area contributed by atoms with Gasteiger partial charge in [0, 0.05) is 5.41 Å². The fraction of sp³-hybridized carbons (Fsp3) is 1.00. The Bertz CT molecular complexity index is 516. The Morgan fingerprint density at radius 3 is 2.46 bits per heavy atom. The molecular weight excluding hydrogens is 364 g/mol. The first-order valence-electron chi connectivity index (χ1n) is 10.4. The van der Waals surface area contributed by atoms with E-state index in [1.807, 2.05) is 0 Å². The van der Waals surface area contributed by atoms with Crippen molar-refractivity contribution in [1.29, 1.82) is 0 Å². The number of fused-ring (bicyclic) bond motifs is 6. The van der Waals surface area contributed by atoms with Crippen LogP contribution in [0.2, 0.25) is 0 Å². The average molecular weight is 397 g/mol. The van der Waals surface area contributed by atoms with Crippen molar-refractivity contribution in [1.82, 2.24) is 0 Å². The zero-order valence-electron chi connectivity index (χ0n) is 15.4. The van der Waals surface area contributed by atoms with Gasteiger partial charge in [0.2, 0.25) is 0 Å². The van der Waals surface area contributed by atoms with Crippen LogP contribution in [0.3, 0.4) is 0 Å². The summed E-state index contributed by atoms with van der Waals surface area (Å²) in [6.45, 7) is 6.71. The monoisotopic (exact) mass is 396 g/mol. The summed E-state index contributed by atoms with van der Waals surface area (Å²) in [5.74, 6) is 3.29. The Morgan fingerprint density at radius 2 is 1.67 bits per heavy atom. The first-order chi connectivity index (χ1) is 11.5. The molecule has 1 spiro atoms. The lowest BCUT2D eigenvalue weighted by atomic mass is 9.45. The van der Waals surface area contributed by atoms with Crippen molar-refractivity contribution >= 4 is 15.9 Å². The minimum atomic E-state index is -0.340. The second-order valence-electron chi connectivity index (χ2n) is 9.93. The van der Waals surface area contributed by atoms with Gasteiger partial charge in [-0.3, -0.25) is 0 Å². The molecule has 136 valence electrons. The van der Waals surface area contributed by atoms with Crippen LogP contribution in [0.25, 0.3) is 0 Å². The van der Waals surface area contributed by atoms with Gasteiger partial charge >= 0.3 is 0 Å². The molecule has 5 rings (SSSR count). The molecule has 1 heterocycles. The van der Waals surface area contributed by atoms with Gasteiger partial charge in [0.25, 0.3) is 0 Å². The molecule has 0 unspecified atom stereocenters. The molecule has 24 heavy (non-hydrogen) atoms. The maximum Gasteiger partial charge on any atom is 0.186 e. The van der Waals surface area contributed by atoms with Crippen molar-refractivity contribution in [2.75, 3.05) is 13.2 Å². The highest BCUT2D eigenvalue weighted by Crippen LogP contribution is 2.70. The molecule has 0 N–H and O–H groups in total. The van der Waals surface area contributed by atoms with Crippen molar-refractivity contribution in [3.63, 3.8) is 0 Å². The first kappa shape index (κ1) is 16.6. The summed E-state index contributed by atoms with van der Waals surface area (Å²) in [7, 11) is 0. The Kier molecular flexibility index (Phi) is 3.76. The number of hydrogen-bond donors (Lipinski definition) is 0. The van der Waals surface area contributed by atoms with E-state index >= 15 is 0 Å². The Labute approximate surface area is 155 Å². The summed E-state index contributed by atoms with van der Waals surface area (Å²) in [5.41, 5.74) is 0.828. The smallest absolute Gasteiger partial charge is 0.186 e. The van der Waals surface area contributed by atoms with Crippen LogP contribution in [0.5, 0.6) is 0 Å². The van der Waals surface area contributed by atoms with Gasteiger partial charge in [0.15, 0.2) is 5.79 Å². The van der Waals surface area contributed by atoms with Crippen molar-refractivity contribution in [3.05, 3.63) is 0 Å². The minimum absolute atomic E-state index is 0.205. The second kappa shape index (κ2) is 5.45. The third-order valence-corrected chi connectivity index (χ3v) is 10.3. The standard InChI is InChI=1S/C21H33BrO2/c1-19-9-4-3-5-14(19)6-7-15-16(19)8-10-20(2)17(15)13-18(22)21(20)23-11-12-24-21/h14-18H,3-13H2,1-2H3/t14-,15+,16-,17+,18+,19+,20+/m0/s1. The first-order valence-corrected chi connectivity index (χ1v) is 11.3. The third-order valence-electron chi connectivity index (χ3n) is 9.36. The molecule has 2 nitrogen and oxygen atoms in total. The SMILES string of the molecule is C[C@@]12CCCC[C@H]1CC[C@H]1[C@H]3C[C@@H](Br)C4(OCCO4)[C@]3(C)CC[C@@H]12. The quantitative estimate of drug-likeness (QED) is 0.500. The third kappa shape index (κ3) is 1.90. The predicted molar refractivity (Wildman–Crippen MR) is 99.1 cm³/mol. The molecule has 0 aromatic rings. The number of halogens is 1. The van der Waals surface area contributed by atoms with E-state index in [9.17, 15) is 0 Å². The van der Waals surface area contributed by atoms with Crippen LogP contribution >= 0.6 is 15.9 Å².